The maximum Gasteiger partial charge on any atom is 0.573 e. The summed E-state index contributed by atoms with van der Waals surface area (Å²) >= 11 is 0. The van der Waals surface area contributed by atoms with Crippen molar-refractivity contribution in [2.45, 2.75) is 83.9 Å². The highest BCUT2D eigenvalue weighted by molar-refractivity contribution is 6.00. The van der Waals surface area contributed by atoms with Crippen LogP contribution in [0.4, 0.5) is 13.2 Å². The molecule has 1 aliphatic carbocycles. The maximum atomic E-state index is 14.3. The first-order valence-electron chi connectivity index (χ1n) is 13.5. The Morgan fingerprint density at radius 2 is 1.60 bits per heavy atom. The normalized spacial score (nSPS) is 20.8. The number of alkyl halides is 3. The minimum Gasteiger partial charge on any atom is -0.406 e. The van der Waals surface area contributed by atoms with E-state index in [1.165, 1.54) is 17.0 Å². The molecule has 3 amide bonds. The molecule has 7 nitrogen and oxygen atoms in total. The zero-order chi connectivity index (χ0) is 29.4. The smallest absolute Gasteiger partial charge is 0.406 e. The van der Waals surface area contributed by atoms with Crippen molar-refractivity contribution in [3.05, 3.63) is 65.2 Å². The Balaban J connectivity index is 1.75. The molecule has 1 aliphatic heterocycles. The Kier molecular flexibility index (Phi) is 8.19. The molecule has 2 aliphatic rings. The Bertz CT molecular complexity index is 1230. The molecule has 1 saturated heterocycles. The number of nitrogens with one attached hydrogen (secondary N) is 2. The Morgan fingerprint density at radius 1 is 1.02 bits per heavy atom. The average Bonchev–Trinajstić information content (AvgIpc) is 3.26. The number of ether oxygens (including phenoxy) is 1. The molecule has 1 heterocycles. The van der Waals surface area contributed by atoms with Gasteiger partial charge in [0.15, 0.2) is 0 Å². The summed E-state index contributed by atoms with van der Waals surface area (Å²) in [4.78, 5) is 43.1. The van der Waals surface area contributed by atoms with E-state index in [1.54, 1.807) is 20.8 Å². The monoisotopic (exact) mass is 559 g/mol. The molecule has 0 radical (unpaired) electrons. The standard InChI is InChI=1S/C30H36F3N3O4/c1-17(2)14-23-26(37)34-24(21-15-19-8-6-7-9-20(19)16-21)28(39)36(23)25(27(38)35-29(3,4)5)18-10-12-22(13-11-18)40-30(31,32)33/h6-13,17,21,23-25H,14-16H2,1-5H3,(H,34,37)(H,35,38)/t23-,24?,25-/m1/s1. The molecule has 10 heteroatoms. The number of carbonyl (C=O) groups excluding carboxylic acids is 3. The van der Waals surface area contributed by atoms with Gasteiger partial charge in [-0.15, -0.1) is 13.2 Å². The van der Waals surface area contributed by atoms with Crippen molar-refractivity contribution in [1.82, 2.24) is 15.5 Å². The summed E-state index contributed by atoms with van der Waals surface area (Å²) in [5.41, 5.74) is 1.84. The van der Waals surface area contributed by atoms with Gasteiger partial charge in [0.2, 0.25) is 17.7 Å². The summed E-state index contributed by atoms with van der Waals surface area (Å²) in [5, 5.41) is 5.85. The summed E-state index contributed by atoms with van der Waals surface area (Å²) < 4.78 is 42.3. The van der Waals surface area contributed by atoms with Crippen LogP contribution in [0.5, 0.6) is 5.75 Å². The number of fused-ring (bicyclic) bond motifs is 1. The first-order valence-corrected chi connectivity index (χ1v) is 13.5. The molecular formula is C30H36F3N3O4. The van der Waals surface area contributed by atoms with Crippen LogP contribution in [0.2, 0.25) is 0 Å². The third-order valence-corrected chi connectivity index (χ3v) is 7.16. The van der Waals surface area contributed by atoms with Gasteiger partial charge in [0.25, 0.3) is 0 Å². The first kappa shape index (κ1) is 29.4. The third-order valence-electron chi connectivity index (χ3n) is 7.16. The van der Waals surface area contributed by atoms with Crippen molar-refractivity contribution in [2.75, 3.05) is 0 Å². The van der Waals surface area contributed by atoms with Crippen LogP contribution in [0.3, 0.4) is 0 Å². The molecule has 40 heavy (non-hydrogen) atoms. The van der Waals surface area contributed by atoms with Crippen molar-refractivity contribution < 1.29 is 32.3 Å². The Hall–Kier alpha value is -3.56. The molecule has 0 spiro atoms. The van der Waals surface area contributed by atoms with Gasteiger partial charge in [-0.2, -0.15) is 0 Å². The lowest BCUT2D eigenvalue weighted by Gasteiger charge is -2.45. The summed E-state index contributed by atoms with van der Waals surface area (Å²) in [6.07, 6.45) is -3.35. The van der Waals surface area contributed by atoms with Gasteiger partial charge in [0, 0.05) is 5.54 Å². The van der Waals surface area contributed by atoms with Crippen molar-refractivity contribution in [1.29, 1.82) is 0 Å². The zero-order valence-electron chi connectivity index (χ0n) is 23.3. The number of benzene rings is 2. The Morgan fingerprint density at radius 3 is 2.10 bits per heavy atom. The second-order valence-corrected chi connectivity index (χ2v) is 12.1. The minimum absolute atomic E-state index is 0.0206. The lowest BCUT2D eigenvalue weighted by Crippen LogP contribution is -2.67. The zero-order valence-corrected chi connectivity index (χ0v) is 23.3. The largest absolute Gasteiger partial charge is 0.573 e. The van der Waals surface area contributed by atoms with Crippen LogP contribution in [0.1, 0.15) is 63.8 Å². The molecule has 2 aromatic rings. The van der Waals surface area contributed by atoms with Crippen LogP contribution in [-0.2, 0) is 27.2 Å². The number of rotatable bonds is 7. The van der Waals surface area contributed by atoms with Crippen LogP contribution < -0.4 is 15.4 Å². The molecule has 2 N–H and O–H groups in total. The van der Waals surface area contributed by atoms with Crippen LogP contribution in [0.25, 0.3) is 0 Å². The lowest BCUT2D eigenvalue weighted by atomic mass is 9.87. The van der Waals surface area contributed by atoms with Gasteiger partial charge in [0.05, 0.1) is 0 Å². The summed E-state index contributed by atoms with van der Waals surface area (Å²) in [7, 11) is 0. The van der Waals surface area contributed by atoms with Crippen molar-refractivity contribution in [3.63, 3.8) is 0 Å². The summed E-state index contributed by atoms with van der Waals surface area (Å²) in [6, 6.07) is 9.75. The lowest BCUT2D eigenvalue weighted by molar-refractivity contribution is -0.274. The first-order chi connectivity index (χ1) is 18.6. The van der Waals surface area contributed by atoms with E-state index in [1.807, 2.05) is 38.1 Å². The topological polar surface area (TPSA) is 87.7 Å². The van der Waals surface area contributed by atoms with Crippen molar-refractivity contribution in [3.8, 4) is 5.75 Å². The number of amides is 3. The number of hydrogen-bond acceptors (Lipinski definition) is 4. The minimum atomic E-state index is -4.88. The maximum absolute atomic E-state index is 14.3. The van der Waals surface area contributed by atoms with Crippen molar-refractivity contribution in [2.24, 2.45) is 11.8 Å². The van der Waals surface area contributed by atoms with Gasteiger partial charge in [-0.25, -0.2) is 0 Å². The molecule has 3 atom stereocenters. The molecule has 0 saturated carbocycles. The number of halogens is 3. The van der Waals surface area contributed by atoms with Crippen LogP contribution in [0.15, 0.2) is 48.5 Å². The van der Waals surface area contributed by atoms with Crippen LogP contribution in [-0.4, -0.2) is 46.6 Å². The average molecular weight is 560 g/mol. The molecule has 1 unspecified atom stereocenters. The van der Waals surface area contributed by atoms with Crippen molar-refractivity contribution >= 4 is 17.7 Å². The fraction of sp³-hybridized carbons (Fsp3) is 0.500. The molecule has 1 fully saturated rings. The summed E-state index contributed by atoms with van der Waals surface area (Å²) in [6.45, 7) is 9.21. The fourth-order valence-electron chi connectivity index (χ4n) is 5.60. The van der Waals surface area contributed by atoms with E-state index in [0.717, 1.165) is 23.3 Å². The molecule has 4 rings (SSSR count). The van der Waals surface area contributed by atoms with E-state index in [9.17, 15) is 27.6 Å². The highest BCUT2D eigenvalue weighted by Crippen LogP contribution is 2.36. The van der Waals surface area contributed by atoms with E-state index in [2.05, 4.69) is 15.4 Å². The highest BCUT2D eigenvalue weighted by atomic mass is 19.4. The second kappa shape index (κ2) is 11.1. The SMILES string of the molecule is CC(C)C[C@@H]1C(=O)NC(C2Cc3ccccc3C2)C(=O)N1[C@@H](C(=O)NC(C)(C)C)c1ccc(OC(F)(F)F)cc1. The van der Waals surface area contributed by atoms with Gasteiger partial charge < -0.3 is 20.3 Å². The van der Waals surface area contributed by atoms with E-state index >= 15 is 0 Å². The van der Waals surface area contributed by atoms with Gasteiger partial charge in [-0.3, -0.25) is 14.4 Å². The van der Waals surface area contributed by atoms with E-state index in [0.29, 0.717) is 19.3 Å². The molecule has 216 valence electrons. The molecule has 2 aromatic carbocycles. The summed E-state index contributed by atoms with van der Waals surface area (Å²) in [5.74, 6) is -1.87. The van der Waals surface area contributed by atoms with E-state index in [4.69, 9.17) is 0 Å². The number of nitrogens with zero attached hydrogens (tertiary/aromatic N) is 1. The Labute approximate surface area is 232 Å². The van der Waals surface area contributed by atoms with E-state index < -0.39 is 41.7 Å². The number of hydrogen-bond donors (Lipinski definition) is 2. The molecule has 0 aromatic heterocycles. The fourth-order valence-corrected chi connectivity index (χ4v) is 5.60. The number of piperazine rings is 1. The second-order valence-electron chi connectivity index (χ2n) is 12.1. The molecular weight excluding hydrogens is 523 g/mol. The predicted octanol–water partition coefficient (Wildman–Crippen LogP) is 4.70. The van der Waals surface area contributed by atoms with Crippen LogP contribution >= 0.6 is 0 Å². The van der Waals surface area contributed by atoms with Gasteiger partial charge in [0.1, 0.15) is 23.9 Å². The van der Waals surface area contributed by atoms with Gasteiger partial charge in [-0.05, 0) is 80.7 Å². The highest BCUT2D eigenvalue weighted by Gasteiger charge is 2.49. The number of carbonyl (C=O) groups is 3. The third kappa shape index (κ3) is 6.77. The van der Waals surface area contributed by atoms with Gasteiger partial charge >= 0.3 is 6.36 Å². The molecule has 0 bridgehead atoms. The van der Waals surface area contributed by atoms with Gasteiger partial charge in [-0.1, -0.05) is 50.2 Å². The quantitative estimate of drug-likeness (QED) is 0.515. The predicted molar refractivity (Wildman–Crippen MR) is 143 cm³/mol. The van der Waals surface area contributed by atoms with Crippen LogP contribution in [0, 0.1) is 11.8 Å². The van der Waals surface area contributed by atoms with E-state index in [-0.39, 0.29) is 29.2 Å².